The summed E-state index contributed by atoms with van der Waals surface area (Å²) in [6.07, 6.45) is -3.00. The van der Waals surface area contributed by atoms with E-state index in [1.54, 1.807) is 11.9 Å². The highest BCUT2D eigenvalue weighted by molar-refractivity contribution is 8.00. The second-order valence-electron chi connectivity index (χ2n) is 10.3. The number of nitrogens with zero attached hydrogens (tertiary/aromatic N) is 4. The van der Waals surface area contributed by atoms with Crippen LogP contribution in [-0.2, 0) is 10.9 Å². The molecule has 0 radical (unpaired) electrons. The highest BCUT2D eigenvalue weighted by atomic mass is 32.2. The van der Waals surface area contributed by atoms with E-state index in [2.05, 4.69) is 10.3 Å². The van der Waals surface area contributed by atoms with Crippen LogP contribution in [0, 0.1) is 17.5 Å². The standard InChI is InChI=1S/C28H26F6N4O5S/c1-37-8-6-27(42,7-9-37)25(15-4-2-3-5-16(15)28(32,33)34)44-26-24(41)22(23(40)20(13-39)43-26)38-12-19(35-36-38)14-10-17(29)21(31)18(30)11-14/h2-12,20,22-26,39-42H,13H2,1H3/t20-,22+,23+,24-,25-,26+/m1/s1. The fraction of sp³-hybridized carbons (Fsp3) is 0.357. The minimum atomic E-state index is -4.81. The van der Waals surface area contributed by atoms with E-state index >= 15 is 0 Å². The van der Waals surface area contributed by atoms with E-state index in [-0.39, 0.29) is 16.8 Å². The van der Waals surface area contributed by atoms with Gasteiger partial charge in [0.1, 0.15) is 41.1 Å². The summed E-state index contributed by atoms with van der Waals surface area (Å²) in [6.45, 7) is -0.782. The molecule has 0 spiro atoms. The quantitative estimate of drug-likeness (QED) is 0.226. The molecule has 3 aromatic rings. The van der Waals surface area contributed by atoms with Crippen LogP contribution in [0.15, 0.2) is 67.1 Å². The predicted molar refractivity (Wildman–Crippen MR) is 145 cm³/mol. The van der Waals surface area contributed by atoms with Crippen LogP contribution in [0.5, 0.6) is 0 Å². The molecule has 2 aliphatic rings. The molecule has 0 aliphatic carbocycles. The molecule has 1 aromatic heterocycles. The summed E-state index contributed by atoms with van der Waals surface area (Å²) in [5.41, 5.74) is -5.21. The Balaban J connectivity index is 1.53. The number of aliphatic hydroxyl groups is 4. The molecule has 2 aliphatic heterocycles. The van der Waals surface area contributed by atoms with Gasteiger partial charge >= 0.3 is 6.18 Å². The van der Waals surface area contributed by atoms with Crippen molar-refractivity contribution in [2.45, 2.75) is 46.8 Å². The molecule has 9 nitrogen and oxygen atoms in total. The molecule has 236 valence electrons. The monoisotopic (exact) mass is 644 g/mol. The number of hydrogen-bond donors (Lipinski definition) is 4. The molecule has 6 atom stereocenters. The Bertz CT molecular complexity index is 1530. The van der Waals surface area contributed by atoms with Crippen LogP contribution in [-0.4, -0.2) is 83.3 Å². The zero-order valence-corrected chi connectivity index (χ0v) is 23.5. The van der Waals surface area contributed by atoms with E-state index in [4.69, 9.17) is 4.74 Å². The van der Waals surface area contributed by atoms with Gasteiger partial charge in [-0.25, -0.2) is 17.9 Å². The van der Waals surface area contributed by atoms with Crippen molar-refractivity contribution in [3.8, 4) is 11.3 Å². The van der Waals surface area contributed by atoms with Crippen molar-refractivity contribution in [2.24, 2.45) is 0 Å². The van der Waals surface area contributed by atoms with Crippen molar-refractivity contribution in [1.29, 1.82) is 0 Å². The van der Waals surface area contributed by atoms with E-state index in [9.17, 15) is 46.8 Å². The summed E-state index contributed by atoms with van der Waals surface area (Å²) in [4.78, 5) is 1.56. The second-order valence-corrected chi connectivity index (χ2v) is 11.5. The third-order valence-corrected chi connectivity index (χ3v) is 8.90. The molecule has 3 heterocycles. The lowest BCUT2D eigenvalue weighted by Gasteiger charge is -2.44. The fourth-order valence-electron chi connectivity index (χ4n) is 5.05. The van der Waals surface area contributed by atoms with E-state index in [0.717, 1.165) is 16.9 Å². The zero-order chi connectivity index (χ0) is 32.0. The average molecular weight is 645 g/mol. The summed E-state index contributed by atoms with van der Waals surface area (Å²) in [5.74, 6) is -4.67. The maximum atomic E-state index is 14.1. The molecule has 5 rings (SSSR count). The number of thioether (sulfide) groups is 1. The van der Waals surface area contributed by atoms with Gasteiger partial charge in [-0.3, -0.25) is 0 Å². The third kappa shape index (κ3) is 6.09. The SMILES string of the molecule is CN1C=CC(O)([C@H](S[C@@H]2O[C@H](CO)[C@H](O)[C@H](n3cc(-c4cc(F)c(F)c(F)c4)nn3)[C@H]2O)c2ccccc2C(F)(F)F)C=C1. The third-order valence-electron chi connectivity index (χ3n) is 7.34. The van der Waals surface area contributed by atoms with Gasteiger partial charge < -0.3 is 30.1 Å². The number of aliphatic hydroxyl groups excluding tert-OH is 3. The summed E-state index contributed by atoms with van der Waals surface area (Å²) in [5, 5.41) is 50.2. The van der Waals surface area contributed by atoms with E-state index in [0.29, 0.717) is 23.9 Å². The van der Waals surface area contributed by atoms with Crippen LogP contribution in [0.25, 0.3) is 11.3 Å². The van der Waals surface area contributed by atoms with Gasteiger partial charge in [0.25, 0.3) is 0 Å². The first-order chi connectivity index (χ1) is 20.7. The van der Waals surface area contributed by atoms with Crippen LogP contribution in [0.3, 0.4) is 0 Å². The normalized spacial score (nSPS) is 25.8. The van der Waals surface area contributed by atoms with E-state index < -0.39 is 76.4 Å². The average Bonchev–Trinajstić information content (AvgIpc) is 3.46. The van der Waals surface area contributed by atoms with Gasteiger partial charge in [0.05, 0.1) is 23.6 Å². The van der Waals surface area contributed by atoms with Crippen LogP contribution >= 0.6 is 11.8 Å². The van der Waals surface area contributed by atoms with Crippen LogP contribution in [0.4, 0.5) is 26.3 Å². The highest BCUT2D eigenvalue weighted by Crippen LogP contribution is 2.50. The highest BCUT2D eigenvalue weighted by Gasteiger charge is 2.50. The van der Waals surface area contributed by atoms with Crippen molar-refractivity contribution in [1.82, 2.24) is 19.9 Å². The molecule has 0 amide bonds. The van der Waals surface area contributed by atoms with E-state index in [1.165, 1.54) is 42.8 Å². The van der Waals surface area contributed by atoms with E-state index in [1.807, 2.05) is 0 Å². The number of aromatic nitrogens is 3. The Kier molecular flexibility index (Phi) is 8.85. The largest absolute Gasteiger partial charge is 0.416 e. The van der Waals surface area contributed by atoms with Gasteiger partial charge in [0, 0.05) is 25.0 Å². The number of benzene rings is 2. The van der Waals surface area contributed by atoms with Gasteiger partial charge in [-0.2, -0.15) is 13.2 Å². The summed E-state index contributed by atoms with van der Waals surface area (Å²) >= 11 is 0.624. The van der Waals surface area contributed by atoms with Gasteiger partial charge in [-0.05, 0) is 35.9 Å². The molecule has 4 N–H and O–H groups in total. The molecular weight excluding hydrogens is 618 g/mol. The fourth-order valence-corrected chi connectivity index (χ4v) is 6.58. The van der Waals surface area contributed by atoms with Crippen molar-refractivity contribution in [2.75, 3.05) is 13.7 Å². The van der Waals surface area contributed by atoms with Gasteiger partial charge in [-0.1, -0.05) is 23.4 Å². The second kappa shape index (κ2) is 12.2. The Morgan fingerprint density at radius 1 is 1.05 bits per heavy atom. The Morgan fingerprint density at radius 2 is 1.68 bits per heavy atom. The van der Waals surface area contributed by atoms with Crippen molar-refractivity contribution in [3.05, 3.63) is 95.7 Å². The number of alkyl halides is 3. The molecule has 0 unspecified atom stereocenters. The van der Waals surface area contributed by atoms with Gasteiger partial charge in [-0.15, -0.1) is 16.9 Å². The number of ether oxygens (including phenoxy) is 1. The molecule has 1 fully saturated rings. The first kappa shape index (κ1) is 32.0. The molecule has 0 bridgehead atoms. The van der Waals surface area contributed by atoms with Crippen LogP contribution < -0.4 is 0 Å². The van der Waals surface area contributed by atoms with Gasteiger partial charge in [0.15, 0.2) is 17.5 Å². The zero-order valence-electron chi connectivity index (χ0n) is 22.7. The summed E-state index contributed by atoms with van der Waals surface area (Å²) in [6, 6.07) is 4.51. The number of rotatable bonds is 7. The van der Waals surface area contributed by atoms with Crippen molar-refractivity contribution < 1.29 is 51.5 Å². The van der Waals surface area contributed by atoms with Crippen molar-refractivity contribution >= 4 is 11.8 Å². The minimum Gasteiger partial charge on any atom is -0.394 e. The smallest absolute Gasteiger partial charge is 0.394 e. The lowest BCUT2D eigenvalue weighted by Crippen LogP contribution is -2.55. The lowest BCUT2D eigenvalue weighted by molar-refractivity contribution is -0.178. The Labute approximate surface area is 250 Å². The topological polar surface area (TPSA) is 124 Å². The number of hydrogen-bond acceptors (Lipinski definition) is 9. The summed E-state index contributed by atoms with van der Waals surface area (Å²) < 4.78 is 90.2. The lowest BCUT2D eigenvalue weighted by atomic mass is 9.89. The molecule has 16 heteroatoms. The molecular formula is C28H26F6N4O5S. The number of halogens is 6. The first-order valence-electron chi connectivity index (χ1n) is 13.1. The van der Waals surface area contributed by atoms with Crippen LogP contribution in [0.1, 0.15) is 22.4 Å². The summed E-state index contributed by atoms with van der Waals surface area (Å²) in [7, 11) is 1.64. The minimum absolute atomic E-state index is 0.161. The maximum Gasteiger partial charge on any atom is 0.416 e. The first-order valence-corrected chi connectivity index (χ1v) is 14.0. The Morgan fingerprint density at radius 3 is 2.30 bits per heavy atom. The molecule has 1 saturated heterocycles. The Hall–Kier alpha value is -3.41. The maximum absolute atomic E-state index is 14.1. The molecule has 44 heavy (non-hydrogen) atoms. The molecule has 2 aromatic carbocycles. The predicted octanol–water partition coefficient (Wildman–Crippen LogP) is 3.54. The molecule has 0 saturated carbocycles. The van der Waals surface area contributed by atoms with Gasteiger partial charge in [0.2, 0.25) is 0 Å². The van der Waals surface area contributed by atoms with Crippen LogP contribution in [0.2, 0.25) is 0 Å². The van der Waals surface area contributed by atoms with Crippen molar-refractivity contribution in [3.63, 3.8) is 0 Å².